The molecule has 2 amide bonds. The first-order chi connectivity index (χ1) is 11.5. The number of likely N-dealkylation sites (tertiary alicyclic amines) is 1. The van der Waals surface area contributed by atoms with Crippen molar-refractivity contribution in [2.24, 2.45) is 5.92 Å². The Bertz CT molecular complexity index is 633. The Labute approximate surface area is 146 Å². The number of alkyl halides is 3. The molecule has 1 fully saturated rings. The molecule has 0 spiro atoms. The lowest BCUT2D eigenvalue weighted by molar-refractivity contribution is -0.192. The summed E-state index contributed by atoms with van der Waals surface area (Å²) in [6.07, 6.45) is -3.98. The third-order valence-electron chi connectivity index (χ3n) is 3.37. The molecule has 0 aromatic carbocycles. The molecule has 0 radical (unpaired) electrons. The van der Waals surface area contributed by atoms with E-state index in [1.165, 1.54) is 11.5 Å². The summed E-state index contributed by atoms with van der Waals surface area (Å²) in [4.78, 5) is 34.3. The molecule has 140 valence electrons. The average Bonchev–Trinajstić information content (AvgIpc) is 2.92. The van der Waals surface area contributed by atoms with Crippen LogP contribution in [0, 0.1) is 12.8 Å². The summed E-state index contributed by atoms with van der Waals surface area (Å²) in [7, 11) is 0. The van der Waals surface area contributed by atoms with Gasteiger partial charge in [-0.1, -0.05) is 0 Å². The molecule has 1 saturated heterocycles. The highest BCUT2D eigenvalue weighted by Gasteiger charge is 2.38. The van der Waals surface area contributed by atoms with E-state index >= 15 is 0 Å². The maximum Gasteiger partial charge on any atom is 0.490 e. The molecule has 25 heavy (non-hydrogen) atoms. The average molecular weight is 381 g/mol. The minimum absolute atomic E-state index is 0.00963. The lowest BCUT2D eigenvalue weighted by Crippen LogP contribution is -2.43. The number of aliphatic carboxylic acids is 1. The van der Waals surface area contributed by atoms with E-state index in [-0.39, 0.29) is 17.7 Å². The van der Waals surface area contributed by atoms with Crippen molar-refractivity contribution in [2.75, 3.05) is 18.4 Å². The molecule has 1 atom stereocenters. The van der Waals surface area contributed by atoms with Gasteiger partial charge in [0.15, 0.2) is 0 Å². The van der Waals surface area contributed by atoms with Crippen LogP contribution in [0.2, 0.25) is 0 Å². The molecule has 2 heterocycles. The zero-order valence-electron chi connectivity index (χ0n) is 13.6. The van der Waals surface area contributed by atoms with Crippen LogP contribution in [-0.4, -0.2) is 51.4 Å². The van der Waals surface area contributed by atoms with Gasteiger partial charge in [-0.25, -0.2) is 4.79 Å². The fourth-order valence-electron chi connectivity index (χ4n) is 2.08. The van der Waals surface area contributed by atoms with E-state index in [0.29, 0.717) is 25.9 Å². The van der Waals surface area contributed by atoms with Gasteiger partial charge in [-0.05, 0) is 37.9 Å². The van der Waals surface area contributed by atoms with Gasteiger partial charge >= 0.3 is 12.1 Å². The maximum absolute atomic E-state index is 12.1. The highest BCUT2D eigenvalue weighted by Crippen LogP contribution is 2.21. The molecule has 0 saturated carbocycles. The minimum Gasteiger partial charge on any atom is -0.475 e. The van der Waals surface area contributed by atoms with Crippen molar-refractivity contribution in [1.29, 1.82) is 0 Å². The molecular weight excluding hydrogens is 363 g/mol. The van der Waals surface area contributed by atoms with Gasteiger partial charge in [0.1, 0.15) is 5.00 Å². The van der Waals surface area contributed by atoms with E-state index in [0.717, 1.165) is 10.7 Å². The van der Waals surface area contributed by atoms with Crippen molar-refractivity contribution in [1.82, 2.24) is 9.27 Å². The van der Waals surface area contributed by atoms with Gasteiger partial charge < -0.3 is 15.3 Å². The van der Waals surface area contributed by atoms with Gasteiger partial charge in [-0.15, -0.1) is 0 Å². The molecule has 11 heteroatoms. The number of rotatable bonds is 3. The topological polar surface area (TPSA) is 99.6 Å². The van der Waals surface area contributed by atoms with E-state index < -0.39 is 12.1 Å². The van der Waals surface area contributed by atoms with Gasteiger partial charge in [-0.3, -0.25) is 9.59 Å². The first-order valence-electron chi connectivity index (χ1n) is 7.36. The van der Waals surface area contributed by atoms with Crippen LogP contribution < -0.4 is 5.32 Å². The predicted molar refractivity (Wildman–Crippen MR) is 84.1 cm³/mol. The second-order valence-electron chi connectivity index (χ2n) is 5.29. The summed E-state index contributed by atoms with van der Waals surface area (Å²) in [6.45, 7) is 5.02. The van der Waals surface area contributed by atoms with Crippen LogP contribution in [0.5, 0.6) is 0 Å². The largest absolute Gasteiger partial charge is 0.490 e. The lowest BCUT2D eigenvalue weighted by atomic mass is 9.97. The summed E-state index contributed by atoms with van der Waals surface area (Å²) in [6, 6.07) is 1.86. The summed E-state index contributed by atoms with van der Waals surface area (Å²) in [5.41, 5.74) is 0.907. The number of halogens is 3. The van der Waals surface area contributed by atoms with Crippen molar-refractivity contribution in [3.8, 4) is 0 Å². The number of amides is 2. The number of carboxylic acids is 1. The van der Waals surface area contributed by atoms with E-state index in [2.05, 4.69) is 9.69 Å². The molecule has 1 aromatic heterocycles. The Hall–Kier alpha value is -2.17. The fourth-order valence-corrected chi connectivity index (χ4v) is 2.74. The van der Waals surface area contributed by atoms with Crippen LogP contribution in [0.1, 0.15) is 25.5 Å². The number of carbonyl (C=O) groups is 3. The molecular formula is C14H18F3N3O4S. The van der Waals surface area contributed by atoms with Gasteiger partial charge in [0.05, 0.1) is 11.6 Å². The number of nitrogens with zero attached hydrogens (tertiary/aromatic N) is 2. The van der Waals surface area contributed by atoms with Gasteiger partial charge in [0.2, 0.25) is 11.8 Å². The minimum atomic E-state index is -5.08. The summed E-state index contributed by atoms with van der Waals surface area (Å²) >= 11 is 1.29. The van der Waals surface area contributed by atoms with E-state index in [9.17, 15) is 22.8 Å². The number of carboxylic acid groups (broad SMARTS) is 1. The third kappa shape index (κ3) is 6.69. The standard InChI is InChI=1S/C12H17N3O2S.C2HF3O2/c1-3-15-7-9(4-5-11(15)16)12(17)13-10-6-8(2)14-18-10;3-2(4,5)1(6)7/h6,9H,3-5,7H2,1-2H3,(H,13,17);(H,6,7). The zero-order chi connectivity index (χ0) is 19.2. The number of carbonyl (C=O) groups excluding carboxylic acids is 2. The number of piperidine rings is 1. The van der Waals surface area contributed by atoms with Crippen molar-refractivity contribution in [3.63, 3.8) is 0 Å². The Morgan fingerprint density at radius 1 is 1.48 bits per heavy atom. The summed E-state index contributed by atoms with van der Waals surface area (Å²) < 4.78 is 35.9. The second-order valence-corrected chi connectivity index (χ2v) is 6.10. The summed E-state index contributed by atoms with van der Waals surface area (Å²) in [5.74, 6) is -2.72. The normalized spacial score (nSPS) is 17.6. The monoisotopic (exact) mass is 381 g/mol. The van der Waals surface area contributed by atoms with E-state index in [1.807, 2.05) is 19.9 Å². The molecule has 1 aliphatic rings. The quantitative estimate of drug-likeness (QED) is 0.837. The molecule has 1 aliphatic heterocycles. The second kappa shape index (κ2) is 8.79. The van der Waals surface area contributed by atoms with Crippen molar-refractivity contribution >= 4 is 34.3 Å². The Morgan fingerprint density at radius 2 is 2.08 bits per heavy atom. The van der Waals surface area contributed by atoms with Crippen LogP contribution in [0.4, 0.5) is 18.2 Å². The Morgan fingerprint density at radius 3 is 2.52 bits per heavy atom. The first-order valence-corrected chi connectivity index (χ1v) is 8.14. The molecule has 0 aliphatic carbocycles. The highest BCUT2D eigenvalue weighted by atomic mass is 32.1. The van der Waals surface area contributed by atoms with E-state index in [4.69, 9.17) is 9.90 Å². The zero-order valence-corrected chi connectivity index (χ0v) is 14.4. The van der Waals surface area contributed by atoms with Crippen LogP contribution in [0.15, 0.2) is 6.07 Å². The molecule has 1 aromatic rings. The molecule has 0 bridgehead atoms. The smallest absolute Gasteiger partial charge is 0.475 e. The predicted octanol–water partition coefficient (Wildman–Crippen LogP) is 2.28. The van der Waals surface area contributed by atoms with Gasteiger partial charge in [-0.2, -0.15) is 17.5 Å². The van der Waals surface area contributed by atoms with Gasteiger partial charge in [0.25, 0.3) is 0 Å². The fraction of sp³-hybridized carbons (Fsp3) is 0.571. The summed E-state index contributed by atoms with van der Waals surface area (Å²) in [5, 5.41) is 10.8. The number of hydrogen-bond donors (Lipinski definition) is 2. The Kier molecular flexibility index (Phi) is 7.34. The molecule has 1 unspecified atom stereocenters. The van der Waals surface area contributed by atoms with Crippen molar-refractivity contribution in [2.45, 2.75) is 32.9 Å². The van der Waals surface area contributed by atoms with Crippen LogP contribution >= 0.6 is 11.5 Å². The van der Waals surface area contributed by atoms with Crippen molar-refractivity contribution < 1.29 is 32.7 Å². The lowest BCUT2D eigenvalue weighted by Gasteiger charge is -2.30. The Balaban J connectivity index is 0.000000381. The van der Waals surface area contributed by atoms with Crippen LogP contribution in [0.25, 0.3) is 0 Å². The molecule has 2 rings (SSSR count). The first kappa shape index (κ1) is 20.9. The van der Waals surface area contributed by atoms with Crippen molar-refractivity contribution in [3.05, 3.63) is 11.8 Å². The van der Waals surface area contributed by atoms with Crippen LogP contribution in [0.3, 0.4) is 0 Å². The maximum atomic E-state index is 12.1. The highest BCUT2D eigenvalue weighted by molar-refractivity contribution is 7.10. The number of hydrogen-bond acceptors (Lipinski definition) is 5. The van der Waals surface area contributed by atoms with Gasteiger partial charge in [0, 0.05) is 19.5 Å². The van der Waals surface area contributed by atoms with E-state index in [1.54, 1.807) is 4.90 Å². The van der Waals surface area contributed by atoms with Crippen LogP contribution in [-0.2, 0) is 14.4 Å². The number of aromatic nitrogens is 1. The number of anilines is 1. The number of nitrogens with one attached hydrogen (secondary N) is 1. The number of aryl methyl sites for hydroxylation is 1. The molecule has 7 nitrogen and oxygen atoms in total. The molecule has 2 N–H and O–H groups in total. The SMILES string of the molecule is CCN1CC(C(=O)Nc2cc(C)ns2)CCC1=O.O=C(O)C(F)(F)F. The third-order valence-corrected chi connectivity index (χ3v) is 4.17.